The zero-order valence-electron chi connectivity index (χ0n) is 18.8. The number of halogens is 4. The van der Waals surface area contributed by atoms with Gasteiger partial charge in [0.1, 0.15) is 17.3 Å². The van der Waals surface area contributed by atoms with E-state index in [2.05, 4.69) is 15.2 Å². The van der Waals surface area contributed by atoms with Crippen LogP contribution in [0.4, 0.5) is 22.4 Å². The molecule has 3 N–H and O–H groups in total. The number of hydrogen-bond donors (Lipinski definition) is 2. The fourth-order valence-corrected chi connectivity index (χ4v) is 4.89. The lowest BCUT2D eigenvalue weighted by Crippen LogP contribution is -2.54. The van der Waals surface area contributed by atoms with E-state index >= 15 is 0 Å². The van der Waals surface area contributed by atoms with E-state index in [9.17, 15) is 22.4 Å². The molecule has 1 spiro atoms. The highest BCUT2D eigenvalue weighted by Crippen LogP contribution is 2.46. The quantitative estimate of drug-likeness (QED) is 0.401. The van der Waals surface area contributed by atoms with Crippen molar-refractivity contribution < 1.29 is 22.4 Å². The first-order valence-corrected chi connectivity index (χ1v) is 11.1. The molecule has 0 atom stereocenters. The number of hydrogen-bond acceptors (Lipinski definition) is 4. The average molecular weight is 468 g/mol. The second-order valence-electron chi connectivity index (χ2n) is 9.55. The van der Waals surface area contributed by atoms with Gasteiger partial charge in [-0.3, -0.25) is 14.8 Å². The summed E-state index contributed by atoms with van der Waals surface area (Å²) in [7, 11) is 3.90. The molecular weight excluding hydrogens is 438 g/mol. The minimum Gasteiger partial charge on any atom is -0.395 e. The van der Waals surface area contributed by atoms with Crippen LogP contribution < -0.4 is 11.1 Å². The molecule has 1 aromatic rings. The second kappa shape index (κ2) is 8.30. The lowest BCUT2D eigenvalue weighted by Gasteiger charge is -2.48. The second-order valence-corrected chi connectivity index (χ2v) is 9.55. The van der Waals surface area contributed by atoms with Crippen LogP contribution in [0.5, 0.6) is 0 Å². The Morgan fingerprint density at radius 3 is 2.45 bits per heavy atom. The standard InChI is InChI=1S/C23H29F4N5O/c1-31(2)22(15-4-3-5-16(24)12-15)10-8-21(9-11-22)14-32(20(33)30-21)19(29-17-6-7-17)13-18(28)23(25,26)27/h3-5,12-13,17H,6-11,14,28H2,1-2H3,(H,30,33). The van der Waals surface area contributed by atoms with Crippen molar-refractivity contribution in [3.05, 3.63) is 47.4 Å². The molecule has 4 rings (SSSR count). The highest BCUT2D eigenvalue weighted by Gasteiger charge is 2.51. The van der Waals surface area contributed by atoms with Gasteiger partial charge in [0.15, 0.2) is 0 Å². The molecular formula is C23H29F4N5O. The normalized spacial score (nSPS) is 29.2. The Kier molecular flexibility index (Phi) is 5.92. The van der Waals surface area contributed by atoms with Crippen molar-refractivity contribution in [2.45, 2.75) is 61.8 Å². The molecule has 3 fully saturated rings. The number of amides is 2. The average Bonchev–Trinajstić information content (AvgIpc) is 3.49. The van der Waals surface area contributed by atoms with Crippen molar-refractivity contribution in [3.8, 4) is 0 Å². The number of benzene rings is 1. The summed E-state index contributed by atoms with van der Waals surface area (Å²) in [6.07, 6.45) is 0.139. The Balaban J connectivity index is 1.56. The van der Waals surface area contributed by atoms with E-state index < -0.39 is 29.0 Å². The Labute approximate surface area is 190 Å². The van der Waals surface area contributed by atoms with Crippen LogP contribution >= 0.6 is 0 Å². The lowest BCUT2D eigenvalue weighted by atomic mass is 9.69. The first-order valence-electron chi connectivity index (χ1n) is 11.1. The molecule has 2 aliphatic carbocycles. The maximum absolute atomic E-state index is 13.9. The van der Waals surface area contributed by atoms with Crippen molar-refractivity contribution in [2.24, 2.45) is 10.7 Å². The van der Waals surface area contributed by atoms with Gasteiger partial charge in [-0.1, -0.05) is 12.1 Å². The van der Waals surface area contributed by atoms with Gasteiger partial charge in [-0.05, 0) is 70.3 Å². The van der Waals surface area contributed by atoms with E-state index in [0.29, 0.717) is 25.7 Å². The molecule has 33 heavy (non-hydrogen) atoms. The fraction of sp³-hybridized carbons (Fsp3) is 0.565. The van der Waals surface area contributed by atoms with Crippen molar-refractivity contribution in [3.63, 3.8) is 0 Å². The highest BCUT2D eigenvalue weighted by atomic mass is 19.4. The molecule has 1 aromatic carbocycles. The number of aliphatic imine (C=N–C) groups is 1. The van der Waals surface area contributed by atoms with E-state index in [0.717, 1.165) is 24.5 Å². The number of nitrogens with two attached hydrogens (primary N) is 1. The summed E-state index contributed by atoms with van der Waals surface area (Å²) in [6, 6.07) is 6.00. The first-order chi connectivity index (χ1) is 15.4. The van der Waals surface area contributed by atoms with Gasteiger partial charge in [-0.25, -0.2) is 9.18 Å². The molecule has 180 valence electrons. The minimum absolute atomic E-state index is 0.0451. The summed E-state index contributed by atoms with van der Waals surface area (Å²) in [4.78, 5) is 20.6. The number of urea groups is 1. The molecule has 0 radical (unpaired) electrons. The molecule has 6 nitrogen and oxygen atoms in total. The Bertz CT molecular complexity index is 975. The zero-order valence-corrected chi connectivity index (χ0v) is 18.8. The van der Waals surface area contributed by atoms with Crippen LogP contribution in [0.25, 0.3) is 0 Å². The Hall–Kier alpha value is -2.62. The van der Waals surface area contributed by atoms with Gasteiger partial charge < -0.3 is 11.1 Å². The summed E-state index contributed by atoms with van der Waals surface area (Å²) in [6.45, 7) is 0.214. The Morgan fingerprint density at radius 1 is 1.24 bits per heavy atom. The van der Waals surface area contributed by atoms with Crippen LogP contribution in [0.1, 0.15) is 44.1 Å². The monoisotopic (exact) mass is 467 g/mol. The number of nitrogens with zero attached hydrogens (tertiary/aromatic N) is 3. The molecule has 10 heteroatoms. The Morgan fingerprint density at radius 2 is 1.91 bits per heavy atom. The molecule has 1 aliphatic heterocycles. The van der Waals surface area contributed by atoms with Gasteiger partial charge in [-0.15, -0.1) is 0 Å². The molecule has 1 saturated heterocycles. The van der Waals surface area contributed by atoms with E-state index in [1.54, 1.807) is 12.1 Å². The van der Waals surface area contributed by atoms with Crippen molar-refractivity contribution in [2.75, 3.05) is 20.6 Å². The zero-order chi connectivity index (χ0) is 24.0. The molecule has 0 bridgehead atoms. The first kappa shape index (κ1) is 23.5. The maximum atomic E-state index is 13.9. The van der Waals surface area contributed by atoms with E-state index in [-0.39, 0.29) is 24.2 Å². The highest BCUT2D eigenvalue weighted by molar-refractivity contribution is 6.05. The van der Waals surface area contributed by atoms with Crippen LogP contribution in [-0.4, -0.2) is 60.1 Å². The number of rotatable bonds is 4. The van der Waals surface area contributed by atoms with Crippen LogP contribution in [0.15, 0.2) is 41.0 Å². The van der Waals surface area contributed by atoms with E-state index in [1.165, 1.54) is 11.0 Å². The van der Waals surface area contributed by atoms with E-state index in [4.69, 9.17) is 5.73 Å². The van der Waals surface area contributed by atoms with Gasteiger partial charge >= 0.3 is 12.2 Å². The van der Waals surface area contributed by atoms with Crippen molar-refractivity contribution in [1.29, 1.82) is 0 Å². The lowest BCUT2D eigenvalue weighted by molar-refractivity contribution is -0.0925. The van der Waals surface area contributed by atoms with E-state index in [1.807, 2.05) is 20.2 Å². The molecule has 3 aliphatic rings. The van der Waals surface area contributed by atoms with Gasteiger partial charge in [0, 0.05) is 11.6 Å². The smallest absolute Gasteiger partial charge is 0.395 e. The number of carbonyl (C=O) groups excluding carboxylic acids is 1. The third-order valence-corrected chi connectivity index (χ3v) is 7.08. The molecule has 0 aromatic heterocycles. The predicted molar refractivity (Wildman–Crippen MR) is 117 cm³/mol. The number of allylic oxidation sites excluding steroid dienone is 1. The van der Waals surface area contributed by atoms with Crippen LogP contribution in [0, 0.1) is 5.82 Å². The number of carbonyl (C=O) groups is 1. The topological polar surface area (TPSA) is 74.0 Å². The van der Waals surface area contributed by atoms with Crippen LogP contribution in [0.2, 0.25) is 0 Å². The SMILES string of the molecule is CN(C)C1(c2cccc(F)c2)CCC2(CC1)CN(C(C=C(N)C(F)(F)F)=NC1CC1)C(=O)N2. The predicted octanol–water partition coefficient (Wildman–Crippen LogP) is 3.89. The fourth-order valence-electron chi connectivity index (χ4n) is 4.89. The number of amidine groups is 1. The van der Waals surface area contributed by atoms with Crippen LogP contribution in [-0.2, 0) is 5.54 Å². The minimum atomic E-state index is -4.70. The summed E-state index contributed by atoms with van der Waals surface area (Å²) in [5.74, 6) is -0.347. The molecule has 1 heterocycles. The van der Waals surface area contributed by atoms with Gasteiger partial charge in [-0.2, -0.15) is 13.2 Å². The summed E-state index contributed by atoms with van der Waals surface area (Å²) < 4.78 is 53.1. The number of alkyl halides is 3. The largest absolute Gasteiger partial charge is 0.430 e. The summed E-state index contributed by atoms with van der Waals surface area (Å²) in [5, 5.41) is 3.01. The summed E-state index contributed by atoms with van der Waals surface area (Å²) in [5.41, 5.74) is 3.85. The van der Waals surface area contributed by atoms with Crippen molar-refractivity contribution in [1.82, 2.24) is 15.1 Å². The molecule has 2 amide bonds. The molecule has 2 saturated carbocycles. The van der Waals surface area contributed by atoms with Gasteiger partial charge in [0.05, 0.1) is 18.1 Å². The van der Waals surface area contributed by atoms with Gasteiger partial charge in [0.25, 0.3) is 0 Å². The third-order valence-electron chi connectivity index (χ3n) is 7.08. The molecule has 0 unspecified atom stereocenters. The maximum Gasteiger partial charge on any atom is 0.430 e. The summed E-state index contributed by atoms with van der Waals surface area (Å²) >= 11 is 0. The van der Waals surface area contributed by atoms with Crippen LogP contribution in [0.3, 0.4) is 0 Å². The van der Waals surface area contributed by atoms with Crippen molar-refractivity contribution >= 4 is 11.9 Å². The van der Waals surface area contributed by atoms with Gasteiger partial charge in [0.2, 0.25) is 0 Å². The third kappa shape index (κ3) is 4.71. The number of nitrogens with one attached hydrogen (secondary N) is 1.